The zero-order chi connectivity index (χ0) is 2.00. The molecule has 0 heterocycles. The monoisotopic (exact) mass is 521 g/mol. The van der Waals surface area contributed by atoms with E-state index in [9.17, 15) is 0 Å². The van der Waals surface area contributed by atoms with Crippen molar-refractivity contribution in [1.82, 2.24) is 0 Å². The maximum Gasteiger partial charge on any atom is 0 e. The van der Waals surface area contributed by atoms with E-state index in [2.05, 4.69) is 0 Å². The summed E-state index contributed by atoms with van der Waals surface area (Å²) in [5, 5.41) is 0. The Kier molecular flexibility index (Phi) is 2410. The van der Waals surface area contributed by atoms with Crippen LogP contribution in [0.15, 0.2) is 0 Å². The summed E-state index contributed by atoms with van der Waals surface area (Å²) in [5.74, 6) is 0. The van der Waals surface area contributed by atoms with Crippen molar-refractivity contribution in [2.45, 2.75) is 44.6 Å². The first-order valence-corrected chi connectivity index (χ1v) is 17.0. The SMILES string of the molecule is C.C.C.C.C.C.O.[H+].[H-].[K+].[K][K].[OH-].[Sg]. The third kappa shape index (κ3) is 155. The molecule has 70 valence electrons. The molecule has 0 radical (unpaired) electrons. The van der Waals surface area contributed by atoms with Gasteiger partial charge in [-0.3, -0.25) is 0 Å². The van der Waals surface area contributed by atoms with Crippen LogP contribution in [-0.4, -0.2) is 74.1 Å². The van der Waals surface area contributed by atoms with Gasteiger partial charge in [0.1, 0.15) is 0 Å². The van der Waals surface area contributed by atoms with Gasteiger partial charge in [0.25, 0.3) is 0 Å². The average molecular weight is 520 g/mol. The molecule has 0 saturated heterocycles. The minimum atomic E-state index is 0. The molecule has 0 aromatic heterocycles. The Labute approximate surface area is 167 Å². The van der Waals surface area contributed by atoms with E-state index in [0.29, 0.717) is 0 Å². The first kappa shape index (κ1) is 149. The standard InChI is InChI=1S/6CH4.3K.2H2O.Sg.H/h6*1H4;;;;2*1H2;;/q;;;;;;;;+1;;;;-1. The third-order valence-corrected chi connectivity index (χ3v) is 0. The van der Waals surface area contributed by atoms with Gasteiger partial charge in [-0.15, -0.1) is 0 Å². The molecule has 0 unspecified atom stereocenters. The van der Waals surface area contributed by atoms with Gasteiger partial charge in [-0.25, -0.2) is 0 Å². The quantitative estimate of drug-likeness (QED) is 0.390. The van der Waals surface area contributed by atoms with E-state index in [4.69, 9.17) is 0 Å². The molecular formula is C6H29K3O2Sg. The van der Waals surface area contributed by atoms with Crippen LogP contribution in [0.1, 0.15) is 47.4 Å². The topological polar surface area (TPSA) is 61.5 Å². The second-order valence-electron chi connectivity index (χ2n) is 0. The van der Waals surface area contributed by atoms with Gasteiger partial charge in [0.05, 0.1) is 0 Å². The summed E-state index contributed by atoms with van der Waals surface area (Å²) in [5.41, 5.74) is 0. The Balaban J connectivity index is -0.0000000000758. The van der Waals surface area contributed by atoms with Gasteiger partial charge < -0.3 is 12.4 Å². The Morgan fingerprint density at radius 2 is 0.750 bits per heavy atom. The van der Waals surface area contributed by atoms with Crippen molar-refractivity contribution in [3.63, 3.8) is 0 Å². The van der Waals surface area contributed by atoms with E-state index in [1.54, 1.807) is 0 Å². The van der Waals surface area contributed by atoms with Crippen molar-refractivity contribution < 1.29 is 65.2 Å². The Bertz CT molecular complexity index is 29.0. The molecule has 0 aliphatic rings. The molecule has 0 rings (SSSR count). The zero-order valence-electron chi connectivity index (χ0n) is 6.65. The van der Waals surface area contributed by atoms with Crippen LogP contribution >= 0.6 is 0 Å². The summed E-state index contributed by atoms with van der Waals surface area (Å²) < 4.78 is 0. The summed E-state index contributed by atoms with van der Waals surface area (Å²) in [4.78, 5) is 0. The van der Waals surface area contributed by atoms with Crippen molar-refractivity contribution in [1.29, 1.82) is 0 Å². The van der Waals surface area contributed by atoms with Crippen LogP contribution in [0.5, 0.6) is 0 Å². The zero-order valence-corrected chi connectivity index (χ0v) is 20.5. The van der Waals surface area contributed by atoms with Crippen LogP contribution < -0.4 is 51.4 Å². The molecule has 0 saturated carbocycles. The molecule has 0 atom stereocenters. The van der Waals surface area contributed by atoms with Gasteiger partial charge >= 0.3 is 116 Å². The largest absolute Gasteiger partial charge is 0.870 e. The van der Waals surface area contributed by atoms with E-state index in [0.717, 1.165) is 0 Å². The summed E-state index contributed by atoms with van der Waals surface area (Å²) in [6.07, 6.45) is 0. The molecule has 0 aromatic rings. The van der Waals surface area contributed by atoms with E-state index in [1.165, 1.54) is 63.2 Å². The fourth-order valence-electron chi connectivity index (χ4n) is 0. The molecule has 0 aliphatic carbocycles. The molecule has 0 bridgehead atoms. The van der Waals surface area contributed by atoms with Gasteiger partial charge in [-0.05, 0) is 0 Å². The predicted molar refractivity (Wildman–Crippen MR) is 59.7 cm³/mol. The molecule has 0 fully saturated rings. The fraction of sp³-hybridized carbons (Fsp3) is 1.00. The molecule has 0 aromatic carbocycles. The smallest absolute Gasteiger partial charge is 0 e. The maximum atomic E-state index is 1.25. The summed E-state index contributed by atoms with van der Waals surface area (Å²) in [7, 11) is 0. The molecule has 3 N–H and O–H groups in total. The van der Waals surface area contributed by atoms with Gasteiger partial charge in [-0.1, -0.05) is 44.6 Å². The first-order valence-electron chi connectivity index (χ1n) is 1.00. The minimum absolute atomic E-state index is 0. The van der Waals surface area contributed by atoms with E-state index >= 15 is 0 Å². The van der Waals surface area contributed by atoms with Crippen LogP contribution in [0.25, 0.3) is 0 Å². The van der Waals surface area contributed by atoms with Crippen LogP contribution in [0.3, 0.4) is 0 Å². The van der Waals surface area contributed by atoms with Crippen molar-refractivity contribution in [3.8, 4) is 0 Å². The minimum Gasteiger partial charge on any atom is -0.870 e. The molecule has 6 heteroatoms. The van der Waals surface area contributed by atoms with Crippen LogP contribution in [0.2, 0.25) is 0 Å². The van der Waals surface area contributed by atoms with Crippen LogP contribution in [0.4, 0.5) is 0 Å². The average Bonchev–Trinajstić information content (AvgIpc) is 1.00. The molecule has 0 aliphatic heterocycles. The second kappa shape index (κ2) is 193. The number of hydrogen-bond acceptors (Lipinski definition) is 1. The van der Waals surface area contributed by atoms with Crippen molar-refractivity contribution in [3.05, 3.63) is 0 Å². The maximum absolute atomic E-state index is 1.25. The summed E-state index contributed by atoms with van der Waals surface area (Å²) in [6, 6.07) is 0. The molecular weight excluding hydrogens is 490 g/mol. The van der Waals surface area contributed by atoms with Crippen molar-refractivity contribution >= 4 is 63.2 Å². The first-order chi connectivity index (χ1) is 1.00. The van der Waals surface area contributed by atoms with E-state index < -0.39 is 0 Å². The van der Waals surface area contributed by atoms with Gasteiger partial charge in [0, 0.05) is 0 Å². The normalized spacial score (nSPS) is 0.667. The Hall–Kier alpha value is 3.83. The number of hydrogen-bond donors (Lipinski definition) is 0. The molecule has 0 amide bonds. The molecule has 12 heavy (non-hydrogen) atoms. The van der Waals surface area contributed by atoms with Crippen LogP contribution in [0, 0.1) is 0 Å². The van der Waals surface area contributed by atoms with Crippen molar-refractivity contribution in [2.24, 2.45) is 0 Å². The molecule has 0 spiro atoms. The third-order valence-electron chi connectivity index (χ3n) is 0. The number of rotatable bonds is 0. The Morgan fingerprint density at radius 3 is 0.750 bits per heavy atom. The Morgan fingerprint density at radius 1 is 0.750 bits per heavy atom. The van der Waals surface area contributed by atoms with Crippen molar-refractivity contribution in [2.75, 3.05) is 0 Å². The van der Waals surface area contributed by atoms with Gasteiger partial charge in [-0.2, -0.15) is 0 Å². The molecule has 2 nitrogen and oxygen atoms in total. The second-order valence-corrected chi connectivity index (χ2v) is 0. The van der Waals surface area contributed by atoms with E-state index in [-0.39, 0.29) is 110 Å². The van der Waals surface area contributed by atoms with Crippen LogP contribution in [-0.2, 0) is 0 Å². The fourth-order valence-corrected chi connectivity index (χ4v) is 0. The van der Waals surface area contributed by atoms with E-state index in [1.807, 2.05) is 0 Å². The summed E-state index contributed by atoms with van der Waals surface area (Å²) >= 11 is 2.50. The predicted octanol–water partition coefficient (Wildman–Crippen LogP) is -0.717. The summed E-state index contributed by atoms with van der Waals surface area (Å²) in [6.45, 7) is 0. The van der Waals surface area contributed by atoms with Gasteiger partial charge in [0.15, 0.2) is 0 Å². The van der Waals surface area contributed by atoms with Gasteiger partial charge in [0.2, 0.25) is 0 Å².